The summed E-state index contributed by atoms with van der Waals surface area (Å²) in [7, 11) is 1.94. The van der Waals surface area contributed by atoms with E-state index in [9.17, 15) is 4.79 Å². The van der Waals surface area contributed by atoms with Gasteiger partial charge >= 0.3 is 0 Å². The molecule has 2 N–H and O–H groups in total. The van der Waals surface area contributed by atoms with Gasteiger partial charge in [-0.25, -0.2) is 9.13 Å². The lowest BCUT2D eigenvalue weighted by Gasteiger charge is -1.91. The monoisotopic (exact) mass is 190 g/mol. The number of imidazole rings is 1. The summed E-state index contributed by atoms with van der Waals surface area (Å²) in [4.78, 5) is 10.8. The van der Waals surface area contributed by atoms with Crippen molar-refractivity contribution in [1.82, 2.24) is 4.57 Å². The summed E-state index contributed by atoms with van der Waals surface area (Å²) in [6.07, 6.45) is 1.87. The first-order valence-corrected chi connectivity index (χ1v) is 4.40. The van der Waals surface area contributed by atoms with Gasteiger partial charge in [0.2, 0.25) is 6.33 Å². The fraction of sp³-hybridized carbons (Fsp3) is 0.200. The first kappa shape index (κ1) is 8.74. The van der Waals surface area contributed by atoms with Gasteiger partial charge in [0.15, 0.2) is 17.6 Å². The molecule has 1 amide bonds. The molecule has 1 heterocycles. The van der Waals surface area contributed by atoms with Crippen LogP contribution < -0.4 is 10.3 Å². The second-order valence-electron chi connectivity index (χ2n) is 3.31. The van der Waals surface area contributed by atoms with E-state index in [2.05, 4.69) is 0 Å². The highest BCUT2D eigenvalue weighted by Crippen LogP contribution is 2.09. The third-order valence-electron chi connectivity index (χ3n) is 2.21. The molecule has 0 aliphatic carbocycles. The number of carbonyl (C=O) groups excluding carboxylic acids is 1. The molecule has 2 rings (SSSR count). The van der Waals surface area contributed by atoms with Crippen molar-refractivity contribution >= 4 is 16.9 Å². The van der Waals surface area contributed by atoms with Crippen LogP contribution in [0.1, 0.15) is 0 Å². The highest BCUT2D eigenvalue weighted by atomic mass is 16.1. The Bertz CT molecular complexity index is 487. The molecule has 0 aliphatic rings. The van der Waals surface area contributed by atoms with E-state index in [-0.39, 0.29) is 12.5 Å². The fourth-order valence-electron chi connectivity index (χ4n) is 1.63. The lowest BCUT2D eigenvalue weighted by Crippen LogP contribution is -2.26. The number of fused-ring (bicyclic) bond motifs is 1. The zero-order chi connectivity index (χ0) is 10.1. The number of amides is 1. The van der Waals surface area contributed by atoms with Crippen molar-refractivity contribution in [2.45, 2.75) is 6.54 Å². The number of hydrogen-bond donors (Lipinski definition) is 1. The standard InChI is InChI=1S/C10H11N3O/c1-12-7-13(6-10(11)14)9-5-3-2-4-8(9)12/h2-5,7H,6H2,1H3,(H-,11,14)/p+1. The fourth-order valence-corrected chi connectivity index (χ4v) is 1.63. The number of carbonyl (C=O) groups is 1. The summed E-state index contributed by atoms with van der Waals surface area (Å²) in [6.45, 7) is 0.224. The van der Waals surface area contributed by atoms with Gasteiger partial charge in [-0.3, -0.25) is 4.79 Å². The summed E-state index contributed by atoms with van der Waals surface area (Å²) in [5, 5.41) is 0. The van der Waals surface area contributed by atoms with E-state index in [0.29, 0.717) is 0 Å². The van der Waals surface area contributed by atoms with Crippen LogP contribution in [-0.2, 0) is 18.4 Å². The largest absolute Gasteiger partial charge is 0.366 e. The quantitative estimate of drug-likeness (QED) is 0.663. The minimum atomic E-state index is -0.327. The van der Waals surface area contributed by atoms with E-state index in [0.717, 1.165) is 11.0 Å². The van der Waals surface area contributed by atoms with Gasteiger partial charge in [0, 0.05) is 0 Å². The summed E-state index contributed by atoms with van der Waals surface area (Å²) < 4.78 is 3.82. The number of aryl methyl sites for hydroxylation is 1. The minimum absolute atomic E-state index is 0.224. The first-order chi connectivity index (χ1) is 6.68. The van der Waals surface area contributed by atoms with Crippen LogP contribution >= 0.6 is 0 Å². The van der Waals surface area contributed by atoms with Crippen LogP contribution in [-0.4, -0.2) is 10.5 Å². The van der Waals surface area contributed by atoms with Crippen LogP contribution in [0.15, 0.2) is 30.6 Å². The van der Waals surface area contributed by atoms with Gasteiger partial charge < -0.3 is 5.73 Å². The summed E-state index contributed by atoms with van der Waals surface area (Å²) in [5.74, 6) is -0.327. The zero-order valence-electron chi connectivity index (χ0n) is 7.97. The first-order valence-electron chi connectivity index (χ1n) is 4.40. The molecule has 0 radical (unpaired) electrons. The molecule has 4 heteroatoms. The van der Waals surface area contributed by atoms with Gasteiger partial charge in [-0.05, 0) is 12.1 Å². The lowest BCUT2D eigenvalue weighted by atomic mass is 10.3. The van der Waals surface area contributed by atoms with Crippen molar-refractivity contribution in [3.05, 3.63) is 30.6 Å². The predicted octanol–water partition coefficient (Wildman–Crippen LogP) is -0.0489. The molecule has 1 aromatic carbocycles. The second kappa shape index (κ2) is 3.14. The molecule has 72 valence electrons. The molecule has 4 nitrogen and oxygen atoms in total. The number of nitrogens with two attached hydrogens (primary N) is 1. The van der Waals surface area contributed by atoms with Crippen LogP contribution in [0.3, 0.4) is 0 Å². The van der Waals surface area contributed by atoms with Gasteiger partial charge in [0.1, 0.15) is 0 Å². The predicted molar refractivity (Wildman–Crippen MR) is 52.3 cm³/mol. The molecule has 0 unspecified atom stereocenters. The van der Waals surface area contributed by atoms with Gasteiger partial charge in [-0.15, -0.1) is 0 Å². The van der Waals surface area contributed by atoms with Crippen molar-refractivity contribution in [3.8, 4) is 0 Å². The number of primary amides is 1. The van der Waals surface area contributed by atoms with E-state index in [1.54, 1.807) is 0 Å². The molecule has 0 saturated carbocycles. The molecule has 0 saturated heterocycles. The van der Waals surface area contributed by atoms with Crippen molar-refractivity contribution in [2.24, 2.45) is 12.8 Å². The van der Waals surface area contributed by atoms with Crippen LogP contribution in [0.25, 0.3) is 11.0 Å². The maximum Gasteiger partial charge on any atom is 0.259 e. The molecule has 1 aromatic heterocycles. The number of para-hydroxylation sites is 2. The van der Waals surface area contributed by atoms with Gasteiger partial charge in [0.25, 0.3) is 5.91 Å². The molecule has 0 spiro atoms. The van der Waals surface area contributed by atoms with E-state index < -0.39 is 0 Å². The second-order valence-corrected chi connectivity index (χ2v) is 3.31. The van der Waals surface area contributed by atoms with E-state index in [4.69, 9.17) is 5.73 Å². The van der Waals surface area contributed by atoms with Gasteiger partial charge in [-0.2, -0.15) is 0 Å². The Labute approximate surface area is 81.6 Å². The molecule has 0 fully saturated rings. The Balaban J connectivity index is 2.60. The summed E-state index contributed by atoms with van der Waals surface area (Å²) >= 11 is 0. The molecule has 0 aliphatic heterocycles. The van der Waals surface area contributed by atoms with E-state index >= 15 is 0 Å². The van der Waals surface area contributed by atoms with Crippen molar-refractivity contribution in [2.75, 3.05) is 0 Å². The molecule has 14 heavy (non-hydrogen) atoms. The van der Waals surface area contributed by atoms with Crippen LogP contribution in [0, 0.1) is 0 Å². The maximum atomic E-state index is 10.8. The SMILES string of the molecule is C[n+]1cn(CC(N)=O)c2ccccc21. The third kappa shape index (κ3) is 1.35. The Morgan fingerprint density at radius 1 is 1.50 bits per heavy atom. The Hall–Kier alpha value is -1.84. The Morgan fingerprint density at radius 2 is 2.21 bits per heavy atom. The maximum absolute atomic E-state index is 10.8. The van der Waals surface area contributed by atoms with Crippen molar-refractivity contribution in [3.63, 3.8) is 0 Å². The number of nitrogens with zero attached hydrogens (tertiary/aromatic N) is 2. The summed E-state index contributed by atoms with van der Waals surface area (Å²) in [5.41, 5.74) is 7.27. The molecule has 0 bridgehead atoms. The summed E-state index contributed by atoms with van der Waals surface area (Å²) in [6, 6.07) is 7.89. The number of benzene rings is 1. The van der Waals surface area contributed by atoms with Gasteiger partial charge in [0.05, 0.1) is 7.05 Å². The molecule has 2 aromatic rings. The number of aromatic nitrogens is 2. The number of hydrogen-bond acceptors (Lipinski definition) is 1. The van der Waals surface area contributed by atoms with E-state index in [1.807, 2.05) is 46.8 Å². The highest BCUT2D eigenvalue weighted by molar-refractivity contribution is 5.77. The normalized spacial score (nSPS) is 10.6. The Morgan fingerprint density at radius 3 is 2.93 bits per heavy atom. The average molecular weight is 190 g/mol. The van der Waals surface area contributed by atoms with Crippen LogP contribution in [0.4, 0.5) is 0 Å². The van der Waals surface area contributed by atoms with Crippen LogP contribution in [0.5, 0.6) is 0 Å². The van der Waals surface area contributed by atoms with Crippen molar-refractivity contribution in [1.29, 1.82) is 0 Å². The zero-order valence-corrected chi connectivity index (χ0v) is 7.97. The molecule has 0 atom stereocenters. The highest BCUT2D eigenvalue weighted by Gasteiger charge is 2.13. The molecular formula is C10H12N3O+. The molecular weight excluding hydrogens is 178 g/mol. The minimum Gasteiger partial charge on any atom is -0.366 e. The van der Waals surface area contributed by atoms with Crippen molar-refractivity contribution < 1.29 is 9.36 Å². The van der Waals surface area contributed by atoms with Crippen LogP contribution in [0.2, 0.25) is 0 Å². The van der Waals surface area contributed by atoms with E-state index in [1.165, 1.54) is 0 Å². The number of rotatable bonds is 2. The topological polar surface area (TPSA) is 51.9 Å². The average Bonchev–Trinajstić information content (AvgIpc) is 2.44. The smallest absolute Gasteiger partial charge is 0.259 e. The third-order valence-corrected chi connectivity index (χ3v) is 2.21. The Kier molecular flexibility index (Phi) is 1.96. The lowest BCUT2D eigenvalue weighted by molar-refractivity contribution is -0.645. The van der Waals surface area contributed by atoms with Gasteiger partial charge in [-0.1, -0.05) is 12.1 Å².